The number of nitrogens with zero attached hydrogens (tertiary/aromatic N) is 1. The van der Waals surface area contributed by atoms with Crippen LogP contribution in [0.15, 0.2) is 91.3 Å². The van der Waals surface area contributed by atoms with Gasteiger partial charge in [0.1, 0.15) is 5.75 Å². The molecule has 168 valence electrons. The quantitative estimate of drug-likeness (QED) is 0.220. The molecule has 4 aromatic carbocycles. The lowest BCUT2D eigenvalue weighted by molar-refractivity contribution is 0.476. The number of fused-ring (bicyclic) bond motifs is 5. The molecule has 0 bridgehead atoms. The van der Waals surface area contributed by atoms with Crippen LogP contribution >= 0.6 is 11.6 Å². The summed E-state index contributed by atoms with van der Waals surface area (Å²) in [7, 11) is 0. The molecule has 0 saturated carbocycles. The van der Waals surface area contributed by atoms with Crippen molar-refractivity contribution in [2.75, 3.05) is 11.9 Å². The Kier molecular flexibility index (Phi) is 5.16. The standard InChI is InChI=1S/C29H24ClN3O/c30-26-10-5-4-9-21(26)22-16-28-29(25-18-31-17-24(22)25)23-15-20(34)11-12-27(23)33(28)14-6-13-32-19-7-2-1-3-8-19/h1-5,7-12,15-18,31-32,34H,6,13-14H2. The number of phenolic OH excluding ortho intramolecular Hbond substituents is 1. The van der Waals surface area contributed by atoms with E-state index in [9.17, 15) is 5.11 Å². The van der Waals surface area contributed by atoms with Crippen LogP contribution in [0.25, 0.3) is 43.7 Å². The first-order valence-electron chi connectivity index (χ1n) is 11.5. The van der Waals surface area contributed by atoms with E-state index in [1.54, 1.807) is 6.07 Å². The number of rotatable bonds is 6. The van der Waals surface area contributed by atoms with Crippen molar-refractivity contribution in [2.24, 2.45) is 0 Å². The van der Waals surface area contributed by atoms with Crippen LogP contribution < -0.4 is 5.32 Å². The van der Waals surface area contributed by atoms with Crippen LogP contribution in [0.1, 0.15) is 6.42 Å². The third kappa shape index (κ3) is 3.47. The minimum Gasteiger partial charge on any atom is -0.508 e. The largest absolute Gasteiger partial charge is 0.508 e. The van der Waals surface area contributed by atoms with Crippen LogP contribution in [0.5, 0.6) is 5.75 Å². The van der Waals surface area contributed by atoms with E-state index in [-0.39, 0.29) is 5.75 Å². The number of nitrogens with one attached hydrogen (secondary N) is 2. The summed E-state index contributed by atoms with van der Waals surface area (Å²) >= 11 is 6.62. The van der Waals surface area contributed by atoms with Crippen LogP contribution in [-0.2, 0) is 6.54 Å². The molecule has 0 amide bonds. The summed E-state index contributed by atoms with van der Waals surface area (Å²) < 4.78 is 2.36. The van der Waals surface area contributed by atoms with Crippen LogP contribution in [-0.4, -0.2) is 21.2 Å². The van der Waals surface area contributed by atoms with Gasteiger partial charge in [0, 0.05) is 68.8 Å². The van der Waals surface area contributed by atoms with E-state index in [1.807, 2.05) is 60.9 Å². The molecule has 2 aromatic heterocycles. The number of anilines is 1. The molecule has 0 radical (unpaired) electrons. The zero-order valence-electron chi connectivity index (χ0n) is 18.6. The van der Waals surface area contributed by atoms with Crippen molar-refractivity contribution in [1.29, 1.82) is 0 Å². The van der Waals surface area contributed by atoms with Gasteiger partial charge in [0.25, 0.3) is 0 Å². The van der Waals surface area contributed by atoms with Crippen LogP contribution in [0, 0.1) is 0 Å². The van der Waals surface area contributed by atoms with Gasteiger partial charge in [-0.3, -0.25) is 0 Å². The van der Waals surface area contributed by atoms with Gasteiger partial charge in [-0.15, -0.1) is 0 Å². The Morgan fingerprint density at radius 2 is 1.59 bits per heavy atom. The maximum Gasteiger partial charge on any atom is 0.116 e. The molecule has 0 aliphatic heterocycles. The molecule has 0 aliphatic carbocycles. The molecule has 6 rings (SSSR count). The summed E-state index contributed by atoms with van der Waals surface area (Å²) in [5.41, 5.74) is 5.50. The zero-order chi connectivity index (χ0) is 23.1. The molecule has 3 N–H and O–H groups in total. The molecule has 0 atom stereocenters. The van der Waals surface area contributed by atoms with Gasteiger partial charge in [-0.1, -0.05) is 48.0 Å². The first-order chi connectivity index (χ1) is 16.7. The molecule has 0 spiro atoms. The van der Waals surface area contributed by atoms with Gasteiger partial charge in [-0.2, -0.15) is 0 Å². The van der Waals surface area contributed by atoms with E-state index in [2.05, 4.69) is 39.1 Å². The highest BCUT2D eigenvalue weighted by molar-refractivity contribution is 6.34. The maximum atomic E-state index is 10.3. The third-order valence-electron chi connectivity index (χ3n) is 6.50. The van der Waals surface area contributed by atoms with E-state index in [4.69, 9.17) is 11.6 Å². The number of para-hydroxylation sites is 1. The molecule has 4 nitrogen and oxygen atoms in total. The number of hydrogen-bond donors (Lipinski definition) is 3. The second-order valence-corrected chi connectivity index (χ2v) is 8.99. The minimum atomic E-state index is 0.274. The fraction of sp³-hybridized carbons (Fsp3) is 0.103. The summed E-state index contributed by atoms with van der Waals surface area (Å²) in [5, 5.41) is 19.0. The van der Waals surface area contributed by atoms with E-state index in [0.717, 1.165) is 73.9 Å². The number of aryl methyl sites for hydroxylation is 1. The zero-order valence-corrected chi connectivity index (χ0v) is 19.3. The highest BCUT2D eigenvalue weighted by Gasteiger charge is 2.18. The molecule has 6 aromatic rings. The fourth-order valence-corrected chi connectivity index (χ4v) is 5.21. The molecule has 2 heterocycles. The first kappa shape index (κ1) is 20.7. The summed E-state index contributed by atoms with van der Waals surface area (Å²) in [6.07, 6.45) is 5.03. The molecule has 34 heavy (non-hydrogen) atoms. The lowest BCUT2D eigenvalue weighted by Gasteiger charge is -2.12. The number of halogens is 1. The monoisotopic (exact) mass is 465 g/mol. The smallest absolute Gasteiger partial charge is 0.116 e. The van der Waals surface area contributed by atoms with Crippen molar-refractivity contribution in [3.05, 3.63) is 96.3 Å². The molecule has 5 heteroatoms. The van der Waals surface area contributed by atoms with Gasteiger partial charge in [-0.05, 0) is 54.4 Å². The molecular weight excluding hydrogens is 442 g/mol. The Bertz CT molecular complexity index is 1630. The second-order valence-electron chi connectivity index (χ2n) is 8.58. The van der Waals surface area contributed by atoms with Crippen molar-refractivity contribution in [3.63, 3.8) is 0 Å². The SMILES string of the molecule is Oc1ccc2c(c1)c1c3c[nH]cc3c(-c3ccccc3Cl)cc1n2CCCNc1ccccc1. The highest BCUT2D eigenvalue weighted by Crippen LogP contribution is 2.42. The predicted octanol–water partition coefficient (Wildman–Crippen LogP) is 7.80. The highest BCUT2D eigenvalue weighted by atomic mass is 35.5. The third-order valence-corrected chi connectivity index (χ3v) is 6.83. The fourth-order valence-electron chi connectivity index (χ4n) is 4.97. The minimum absolute atomic E-state index is 0.274. The number of H-pyrrole nitrogens is 1. The molecule has 0 fully saturated rings. The van der Waals surface area contributed by atoms with Crippen molar-refractivity contribution < 1.29 is 5.11 Å². The lowest BCUT2D eigenvalue weighted by atomic mass is 9.97. The van der Waals surface area contributed by atoms with Crippen LogP contribution in [0.4, 0.5) is 5.69 Å². The normalized spacial score (nSPS) is 11.6. The topological polar surface area (TPSA) is 53.0 Å². The van der Waals surface area contributed by atoms with E-state index < -0.39 is 0 Å². The maximum absolute atomic E-state index is 10.3. The average Bonchev–Trinajstić information content (AvgIpc) is 3.45. The predicted molar refractivity (Wildman–Crippen MR) is 143 cm³/mol. The lowest BCUT2D eigenvalue weighted by Crippen LogP contribution is -2.06. The van der Waals surface area contributed by atoms with Gasteiger partial charge in [-0.25, -0.2) is 0 Å². The van der Waals surface area contributed by atoms with Crippen molar-refractivity contribution >= 4 is 49.9 Å². The second kappa shape index (κ2) is 8.47. The van der Waals surface area contributed by atoms with Gasteiger partial charge >= 0.3 is 0 Å². The van der Waals surface area contributed by atoms with E-state index >= 15 is 0 Å². The Morgan fingerprint density at radius 3 is 2.44 bits per heavy atom. The van der Waals surface area contributed by atoms with Gasteiger partial charge in [0.15, 0.2) is 0 Å². The summed E-state index contributed by atoms with van der Waals surface area (Å²) in [5.74, 6) is 0.274. The van der Waals surface area contributed by atoms with E-state index in [0.29, 0.717) is 0 Å². The van der Waals surface area contributed by atoms with Crippen molar-refractivity contribution in [2.45, 2.75) is 13.0 Å². The molecule has 0 saturated heterocycles. The molecular formula is C29H24ClN3O. The number of aromatic nitrogens is 2. The Morgan fingerprint density at radius 1 is 0.794 bits per heavy atom. The van der Waals surface area contributed by atoms with Gasteiger partial charge in [0.05, 0.1) is 5.52 Å². The van der Waals surface area contributed by atoms with Crippen LogP contribution in [0.3, 0.4) is 0 Å². The summed E-state index contributed by atoms with van der Waals surface area (Å²) in [6, 6.07) is 26.2. The van der Waals surface area contributed by atoms with Gasteiger partial charge in [0.2, 0.25) is 0 Å². The average molecular weight is 466 g/mol. The summed E-state index contributed by atoms with van der Waals surface area (Å²) in [6.45, 7) is 1.72. The Labute approximate surface area is 202 Å². The number of phenols is 1. The first-order valence-corrected chi connectivity index (χ1v) is 11.9. The summed E-state index contributed by atoms with van der Waals surface area (Å²) in [4.78, 5) is 3.29. The molecule has 0 aliphatic rings. The van der Waals surface area contributed by atoms with Crippen molar-refractivity contribution in [1.82, 2.24) is 9.55 Å². The van der Waals surface area contributed by atoms with Gasteiger partial charge < -0.3 is 20.0 Å². The number of hydrogen-bond acceptors (Lipinski definition) is 2. The van der Waals surface area contributed by atoms with Crippen molar-refractivity contribution in [3.8, 4) is 16.9 Å². The number of benzene rings is 4. The Balaban J connectivity index is 1.50. The Hall–Kier alpha value is -3.89. The molecule has 0 unspecified atom stereocenters. The van der Waals surface area contributed by atoms with Crippen LogP contribution in [0.2, 0.25) is 5.02 Å². The number of aromatic amines is 1. The van der Waals surface area contributed by atoms with E-state index in [1.165, 1.54) is 0 Å². The number of aromatic hydroxyl groups is 1.